The fraction of sp³-hybridized carbons (Fsp3) is 0.263. The van der Waals surface area contributed by atoms with Crippen LogP contribution in [0.5, 0.6) is 0 Å². The van der Waals surface area contributed by atoms with Crippen molar-refractivity contribution in [2.24, 2.45) is 5.73 Å². The predicted octanol–water partition coefficient (Wildman–Crippen LogP) is 3.53. The molecule has 0 radical (unpaired) electrons. The molecule has 126 valence electrons. The molecule has 4 nitrogen and oxygen atoms in total. The van der Waals surface area contributed by atoms with Gasteiger partial charge in [-0.2, -0.15) is 5.26 Å². The van der Waals surface area contributed by atoms with Gasteiger partial charge in [0.1, 0.15) is 0 Å². The number of hydrogen-bond donors (Lipinski definition) is 2. The third-order valence-electron chi connectivity index (χ3n) is 3.79. The standard InChI is InChI=1S/C19H21N3O.ClH/c1-13(2)15-7-9-16(10-8-15)18(21)12-22-19(23)17-5-3-14(11-20)4-6-17;/h3-10,13,18H,12,21H2,1-2H3,(H,22,23);1H. The quantitative estimate of drug-likeness (QED) is 0.871. The molecule has 0 fully saturated rings. The van der Waals surface area contributed by atoms with Crippen LogP contribution in [0.1, 0.15) is 52.9 Å². The molecule has 2 aromatic rings. The third kappa shape index (κ3) is 5.09. The van der Waals surface area contributed by atoms with Crippen molar-refractivity contribution in [1.82, 2.24) is 5.32 Å². The van der Waals surface area contributed by atoms with Crippen LogP contribution >= 0.6 is 12.4 Å². The molecular weight excluding hydrogens is 322 g/mol. The zero-order chi connectivity index (χ0) is 16.8. The average molecular weight is 344 g/mol. The highest BCUT2D eigenvalue weighted by Crippen LogP contribution is 2.17. The fourth-order valence-electron chi connectivity index (χ4n) is 2.25. The zero-order valence-electron chi connectivity index (χ0n) is 13.8. The number of halogens is 1. The molecule has 0 aromatic heterocycles. The Kier molecular flexibility index (Phi) is 7.44. The Bertz CT molecular complexity index is 703. The van der Waals surface area contributed by atoms with Crippen LogP contribution in [0.25, 0.3) is 0 Å². The average Bonchev–Trinajstić information content (AvgIpc) is 2.59. The molecule has 0 saturated carbocycles. The Labute approximate surface area is 149 Å². The van der Waals surface area contributed by atoms with E-state index in [2.05, 4.69) is 31.3 Å². The van der Waals surface area contributed by atoms with E-state index in [4.69, 9.17) is 11.0 Å². The van der Waals surface area contributed by atoms with E-state index in [1.165, 1.54) is 5.56 Å². The van der Waals surface area contributed by atoms with Crippen molar-refractivity contribution in [2.75, 3.05) is 6.54 Å². The molecular formula is C19H22ClN3O. The first-order chi connectivity index (χ1) is 11.0. The highest BCUT2D eigenvalue weighted by Gasteiger charge is 2.10. The number of benzene rings is 2. The molecule has 1 unspecified atom stereocenters. The van der Waals surface area contributed by atoms with Crippen molar-refractivity contribution in [2.45, 2.75) is 25.8 Å². The summed E-state index contributed by atoms with van der Waals surface area (Å²) in [6, 6.07) is 16.5. The minimum absolute atomic E-state index is 0. The van der Waals surface area contributed by atoms with E-state index in [0.29, 0.717) is 23.6 Å². The molecule has 0 aliphatic rings. The van der Waals surface area contributed by atoms with E-state index < -0.39 is 0 Å². The first kappa shape index (κ1) is 19.7. The summed E-state index contributed by atoms with van der Waals surface area (Å²) in [6.45, 7) is 4.65. The predicted molar refractivity (Wildman–Crippen MR) is 98.2 cm³/mol. The van der Waals surface area contributed by atoms with Gasteiger partial charge in [0, 0.05) is 18.2 Å². The van der Waals surface area contributed by atoms with Gasteiger partial charge in [-0.05, 0) is 41.3 Å². The topological polar surface area (TPSA) is 78.9 Å². The van der Waals surface area contributed by atoms with Crippen molar-refractivity contribution < 1.29 is 4.79 Å². The van der Waals surface area contributed by atoms with Crippen LogP contribution in [0.3, 0.4) is 0 Å². The van der Waals surface area contributed by atoms with Crippen molar-refractivity contribution in [3.63, 3.8) is 0 Å². The van der Waals surface area contributed by atoms with Crippen LogP contribution < -0.4 is 11.1 Å². The summed E-state index contributed by atoms with van der Waals surface area (Å²) in [6.07, 6.45) is 0. The smallest absolute Gasteiger partial charge is 0.251 e. The van der Waals surface area contributed by atoms with E-state index in [9.17, 15) is 4.79 Å². The van der Waals surface area contributed by atoms with Crippen molar-refractivity contribution in [1.29, 1.82) is 5.26 Å². The lowest BCUT2D eigenvalue weighted by Crippen LogP contribution is -2.31. The number of nitriles is 1. The molecule has 0 saturated heterocycles. The lowest BCUT2D eigenvalue weighted by molar-refractivity contribution is 0.0951. The minimum Gasteiger partial charge on any atom is -0.350 e. The summed E-state index contributed by atoms with van der Waals surface area (Å²) in [5, 5.41) is 11.6. The Morgan fingerprint density at radius 3 is 2.12 bits per heavy atom. The summed E-state index contributed by atoms with van der Waals surface area (Å²) in [7, 11) is 0. The number of nitrogens with zero attached hydrogens (tertiary/aromatic N) is 1. The van der Waals surface area contributed by atoms with E-state index >= 15 is 0 Å². The maximum absolute atomic E-state index is 12.1. The van der Waals surface area contributed by atoms with Gasteiger partial charge in [0.25, 0.3) is 5.91 Å². The van der Waals surface area contributed by atoms with E-state index in [1.807, 2.05) is 18.2 Å². The second-order valence-electron chi connectivity index (χ2n) is 5.83. The second-order valence-corrected chi connectivity index (χ2v) is 5.83. The maximum atomic E-state index is 12.1. The number of amides is 1. The summed E-state index contributed by atoms with van der Waals surface area (Å²) in [4.78, 5) is 12.1. The van der Waals surface area contributed by atoms with Gasteiger partial charge in [0.05, 0.1) is 11.6 Å². The lowest BCUT2D eigenvalue weighted by atomic mass is 9.99. The number of carbonyl (C=O) groups excluding carboxylic acids is 1. The van der Waals surface area contributed by atoms with Gasteiger partial charge in [-0.15, -0.1) is 12.4 Å². The van der Waals surface area contributed by atoms with Gasteiger partial charge in [0.15, 0.2) is 0 Å². The van der Waals surface area contributed by atoms with Gasteiger partial charge >= 0.3 is 0 Å². The summed E-state index contributed by atoms with van der Waals surface area (Å²) in [5.74, 6) is 0.292. The maximum Gasteiger partial charge on any atom is 0.251 e. The third-order valence-corrected chi connectivity index (χ3v) is 3.79. The first-order valence-electron chi connectivity index (χ1n) is 7.65. The Morgan fingerprint density at radius 2 is 1.62 bits per heavy atom. The minimum atomic E-state index is -0.251. The Morgan fingerprint density at radius 1 is 1.08 bits per heavy atom. The molecule has 0 spiro atoms. The summed E-state index contributed by atoms with van der Waals surface area (Å²) in [5.41, 5.74) is 9.45. The summed E-state index contributed by atoms with van der Waals surface area (Å²) >= 11 is 0. The van der Waals surface area contributed by atoms with Crippen LogP contribution in [0.4, 0.5) is 0 Å². The normalized spacial score (nSPS) is 11.3. The molecule has 5 heteroatoms. The molecule has 1 atom stereocenters. The highest BCUT2D eigenvalue weighted by atomic mass is 35.5. The van der Waals surface area contributed by atoms with E-state index in [-0.39, 0.29) is 24.4 Å². The fourth-order valence-corrected chi connectivity index (χ4v) is 2.25. The molecule has 0 heterocycles. The van der Waals surface area contributed by atoms with E-state index in [0.717, 1.165) is 5.56 Å². The van der Waals surface area contributed by atoms with Crippen molar-refractivity contribution >= 4 is 18.3 Å². The molecule has 2 aromatic carbocycles. The van der Waals surface area contributed by atoms with Gasteiger partial charge in [-0.3, -0.25) is 4.79 Å². The van der Waals surface area contributed by atoms with Crippen LogP contribution in [0.2, 0.25) is 0 Å². The number of hydrogen-bond acceptors (Lipinski definition) is 3. The van der Waals surface area contributed by atoms with Crippen LogP contribution in [0, 0.1) is 11.3 Å². The lowest BCUT2D eigenvalue weighted by Gasteiger charge is -2.14. The monoisotopic (exact) mass is 343 g/mol. The van der Waals surface area contributed by atoms with Crippen molar-refractivity contribution in [3.8, 4) is 6.07 Å². The molecule has 24 heavy (non-hydrogen) atoms. The molecule has 0 aliphatic heterocycles. The largest absolute Gasteiger partial charge is 0.350 e. The van der Waals surface area contributed by atoms with Crippen LogP contribution in [-0.2, 0) is 0 Å². The van der Waals surface area contributed by atoms with Gasteiger partial charge < -0.3 is 11.1 Å². The number of rotatable bonds is 5. The number of nitrogens with two attached hydrogens (primary N) is 1. The van der Waals surface area contributed by atoms with Crippen molar-refractivity contribution in [3.05, 3.63) is 70.8 Å². The zero-order valence-corrected chi connectivity index (χ0v) is 14.6. The second kappa shape index (κ2) is 9.07. The van der Waals surface area contributed by atoms with Crippen LogP contribution in [0.15, 0.2) is 48.5 Å². The van der Waals surface area contributed by atoms with Gasteiger partial charge in [-0.25, -0.2) is 0 Å². The molecule has 0 bridgehead atoms. The molecule has 3 N–H and O–H groups in total. The van der Waals surface area contributed by atoms with Gasteiger partial charge in [-0.1, -0.05) is 38.1 Å². The highest BCUT2D eigenvalue weighted by molar-refractivity contribution is 5.94. The summed E-state index contributed by atoms with van der Waals surface area (Å²) < 4.78 is 0. The number of carbonyl (C=O) groups is 1. The SMILES string of the molecule is CC(C)c1ccc(C(N)CNC(=O)c2ccc(C#N)cc2)cc1.Cl. The Balaban J connectivity index is 0.00000288. The molecule has 1 amide bonds. The van der Waals surface area contributed by atoms with E-state index in [1.54, 1.807) is 24.3 Å². The van der Waals surface area contributed by atoms with Crippen LogP contribution in [-0.4, -0.2) is 12.5 Å². The molecule has 2 rings (SSSR count). The molecule has 0 aliphatic carbocycles. The van der Waals surface area contributed by atoms with Gasteiger partial charge in [0.2, 0.25) is 0 Å². The number of nitrogens with one attached hydrogen (secondary N) is 1. The first-order valence-corrected chi connectivity index (χ1v) is 7.65. The Hall–Kier alpha value is -2.35.